The first-order valence-electron chi connectivity index (χ1n) is 9.36. The number of aromatic amines is 1. The van der Waals surface area contributed by atoms with Crippen LogP contribution in [0.4, 0.5) is 0 Å². The first-order valence-corrected chi connectivity index (χ1v) is 10.1. The number of aromatic nitrogens is 2. The summed E-state index contributed by atoms with van der Waals surface area (Å²) < 4.78 is 10.7. The quantitative estimate of drug-likeness (QED) is 0.474. The predicted octanol–water partition coefficient (Wildman–Crippen LogP) is 2.90. The minimum Gasteiger partial charge on any atom is -0.467 e. The third kappa shape index (κ3) is 6.26. The van der Waals surface area contributed by atoms with Gasteiger partial charge in [-0.1, -0.05) is 58.4 Å². The topological polar surface area (TPSA) is 110 Å². The Morgan fingerprint density at radius 1 is 1.10 bits per heavy atom. The largest absolute Gasteiger partial charge is 0.467 e. The summed E-state index contributed by atoms with van der Waals surface area (Å²) in [5, 5.41) is 9.23. The minimum absolute atomic E-state index is 0.111. The fraction of sp³-hybridized carbons (Fsp3) is 0.182. The molecule has 0 bridgehead atoms. The number of rotatable bonds is 8. The van der Waals surface area contributed by atoms with Crippen molar-refractivity contribution in [2.24, 2.45) is 0 Å². The fourth-order valence-electron chi connectivity index (χ4n) is 2.83. The first kappa shape index (κ1) is 22.2. The van der Waals surface area contributed by atoms with E-state index < -0.39 is 30.5 Å². The molecular weight excluding hydrogens is 466 g/mol. The van der Waals surface area contributed by atoms with Gasteiger partial charge in [-0.05, 0) is 23.8 Å². The predicted molar refractivity (Wildman–Crippen MR) is 116 cm³/mol. The van der Waals surface area contributed by atoms with E-state index in [9.17, 15) is 14.4 Å². The Bertz CT molecular complexity index is 1050. The van der Waals surface area contributed by atoms with Crippen LogP contribution < -0.4 is 5.32 Å². The molecule has 1 unspecified atom stereocenters. The van der Waals surface area contributed by atoms with E-state index in [4.69, 9.17) is 9.47 Å². The summed E-state index contributed by atoms with van der Waals surface area (Å²) in [5.74, 6) is -1.94. The number of halogens is 1. The van der Waals surface area contributed by atoms with Gasteiger partial charge in [0.25, 0.3) is 5.91 Å². The molecule has 3 rings (SSSR count). The second-order valence-corrected chi connectivity index (χ2v) is 7.50. The van der Waals surface area contributed by atoms with Crippen LogP contribution in [-0.4, -0.2) is 47.8 Å². The van der Waals surface area contributed by atoms with E-state index >= 15 is 0 Å². The Morgan fingerprint density at radius 2 is 1.81 bits per heavy atom. The summed E-state index contributed by atoms with van der Waals surface area (Å²) in [6.07, 6.45) is 0.254. The summed E-state index contributed by atoms with van der Waals surface area (Å²) >= 11 is 3.36. The summed E-state index contributed by atoms with van der Waals surface area (Å²) in [7, 11) is 1.24. The zero-order valence-electron chi connectivity index (χ0n) is 16.6. The van der Waals surface area contributed by atoms with Gasteiger partial charge >= 0.3 is 11.9 Å². The Labute approximate surface area is 187 Å². The molecule has 9 heteroatoms. The lowest BCUT2D eigenvalue weighted by atomic mass is 10.1. The van der Waals surface area contributed by atoms with E-state index in [0.29, 0.717) is 5.69 Å². The molecule has 0 spiro atoms. The number of carbonyl (C=O) groups excluding carboxylic acids is 3. The van der Waals surface area contributed by atoms with E-state index in [1.54, 1.807) is 0 Å². The maximum Gasteiger partial charge on any atom is 0.356 e. The van der Waals surface area contributed by atoms with Gasteiger partial charge in [-0.25, -0.2) is 9.59 Å². The van der Waals surface area contributed by atoms with E-state index in [1.165, 1.54) is 13.2 Å². The lowest BCUT2D eigenvalue weighted by molar-refractivity contribution is -0.145. The lowest BCUT2D eigenvalue weighted by Gasteiger charge is -2.16. The second-order valence-electron chi connectivity index (χ2n) is 6.58. The van der Waals surface area contributed by atoms with Gasteiger partial charge in [-0.15, -0.1) is 0 Å². The number of benzene rings is 2. The molecule has 0 aliphatic rings. The molecule has 0 saturated carbocycles. The van der Waals surface area contributed by atoms with Crippen molar-refractivity contribution in [3.63, 3.8) is 0 Å². The van der Waals surface area contributed by atoms with Gasteiger partial charge in [0.05, 0.1) is 12.8 Å². The smallest absolute Gasteiger partial charge is 0.356 e. The SMILES string of the molecule is COC(=O)C(Cc1ccccc1)NC(=O)COC(=O)c1cc(-c2ccc(Br)cc2)n[nH]1. The maximum atomic E-state index is 12.2. The van der Waals surface area contributed by atoms with Crippen LogP contribution in [0.2, 0.25) is 0 Å². The van der Waals surface area contributed by atoms with Crippen molar-refractivity contribution >= 4 is 33.8 Å². The Kier molecular flexibility index (Phi) is 7.55. The van der Waals surface area contributed by atoms with Crippen molar-refractivity contribution < 1.29 is 23.9 Å². The number of hydrogen-bond donors (Lipinski definition) is 2. The van der Waals surface area contributed by atoms with Crippen molar-refractivity contribution in [2.75, 3.05) is 13.7 Å². The van der Waals surface area contributed by atoms with Crippen LogP contribution >= 0.6 is 15.9 Å². The zero-order valence-corrected chi connectivity index (χ0v) is 18.2. The average Bonchev–Trinajstić information content (AvgIpc) is 3.28. The summed E-state index contributed by atoms with van der Waals surface area (Å²) in [4.78, 5) is 36.5. The molecule has 1 atom stereocenters. The molecule has 1 heterocycles. The lowest BCUT2D eigenvalue weighted by Crippen LogP contribution is -2.44. The third-order valence-electron chi connectivity index (χ3n) is 4.38. The summed E-state index contributed by atoms with van der Waals surface area (Å²) in [5.41, 5.74) is 2.35. The number of amides is 1. The molecule has 31 heavy (non-hydrogen) atoms. The third-order valence-corrected chi connectivity index (χ3v) is 4.90. The van der Waals surface area contributed by atoms with Crippen molar-refractivity contribution in [1.82, 2.24) is 15.5 Å². The highest BCUT2D eigenvalue weighted by Crippen LogP contribution is 2.20. The molecule has 2 N–H and O–H groups in total. The molecule has 2 aromatic carbocycles. The monoisotopic (exact) mass is 485 g/mol. The second kappa shape index (κ2) is 10.5. The van der Waals surface area contributed by atoms with Gasteiger partial charge in [-0.2, -0.15) is 5.10 Å². The standard InChI is InChI=1S/C22H20BrN3O5/c1-30-21(28)18(11-14-5-3-2-4-6-14)24-20(27)13-31-22(29)19-12-17(25-26-19)15-7-9-16(23)10-8-15/h2-10,12,18H,11,13H2,1H3,(H,24,27)(H,25,26). The van der Waals surface area contributed by atoms with E-state index in [1.807, 2.05) is 54.6 Å². The Morgan fingerprint density at radius 3 is 2.48 bits per heavy atom. The summed E-state index contributed by atoms with van der Waals surface area (Å²) in [6, 6.07) is 17.3. The normalized spacial score (nSPS) is 11.4. The molecule has 8 nitrogen and oxygen atoms in total. The number of nitrogens with one attached hydrogen (secondary N) is 2. The maximum absolute atomic E-state index is 12.2. The number of ether oxygens (including phenoxy) is 2. The van der Waals surface area contributed by atoms with Crippen LogP contribution in [0.25, 0.3) is 11.3 Å². The van der Waals surface area contributed by atoms with Crippen molar-refractivity contribution in [3.05, 3.63) is 76.4 Å². The number of methoxy groups -OCH3 is 1. The molecule has 1 aromatic heterocycles. The van der Waals surface area contributed by atoms with Crippen LogP contribution in [-0.2, 0) is 25.5 Å². The van der Waals surface area contributed by atoms with Crippen LogP contribution in [0.15, 0.2) is 65.1 Å². The molecule has 0 radical (unpaired) electrons. The first-order chi connectivity index (χ1) is 15.0. The molecule has 0 aliphatic heterocycles. The van der Waals surface area contributed by atoms with Gasteiger partial charge in [-0.3, -0.25) is 9.89 Å². The molecular formula is C22H20BrN3O5. The fourth-order valence-corrected chi connectivity index (χ4v) is 3.09. The van der Waals surface area contributed by atoms with Crippen molar-refractivity contribution in [3.8, 4) is 11.3 Å². The van der Waals surface area contributed by atoms with Crippen molar-refractivity contribution in [2.45, 2.75) is 12.5 Å². The van der Waals surface area contributed by atoms with Gasteiger partial charge in [0.15, 0.2) is 6.61 Å². The van der Waals surface area contributed by atoms with Gasteiger partial charge in [0.1, 0.15) is 11.7 Å². The highest BCUT2D eigenvalue weighted by molar-refractivity contribution is 9.10. The van der Waals surface area contributed by atoms with Crippen LogP contribution in [0.5, 0.6) is 0 Å². The molecule has 0 saturated heterocycles. The number of carbonyl (C=O) groups is 3. The Balaban J connectivity index is 1.56. The highest BCUT2D eigenvalue weighted by Gasteiger charge is 2.23. The minimum atomic E-state index is -0.894. The van der Waals surface area contributed by atoms with Crippen LogP contribution in [0.3, 0.4) is 0 Å². The number of nitrogens with zero attached hydrogens (tertiary/aromatic N) is 1. The molecule has 3 aromatic rings. The molecule has 1 amide bonds. The number of H-pyrrole nitrogens is 1. The zero-order chi connectivity index (χ0) is 22.2. The van der Waals surface area contributed by atoms with Crippen LogP contribution in [0.1, 0.15) is 16.1 Å². The van der Waals surface area contributed by atoms with Crippen molar-refractivity contribution in [1.29, 1.82) is 0 Å². The van der Waals surface area contributed by atoms with Crippen LogP contribution in [0, 0.1) is 0 Å². The number of hydrogen-bond acceptors (Lipinski definition) is 6. The van der Waals surface area contributed by atoms with E-state index in [-0.39, 0.29) is 12.1 Å². The van der Waals surface area contributed by atoms with E-state index in [2.05, 4.69) is 31.4 Å². The van der Waals surface area contributed by atoms with Gasteiger partial charge in [0.2, 0.25) is 0 Å². The Hall–Kier alpha value is -3.46. The molecule has 0 aliphatic carbocycles. The van der Waals surface area contributed by atoms with Gasteiger partial charge < -0.3 is 14.8 Å². The number of esters is 2. The average molecular weight is 486 g/mol. The van der Waals surface area contributed by atoms with E-state index in [0.717, 1.165) is 15.6 Å². The molecule has 0 fully saturated rings. The van der Waals surface area contributed by atoms with Gasteiger partial charge in [0, 0.05) is 16.5 Å². The summed E-state index contributed by atoms with van der Waals surface area (Å²) in [6.45, 7) is -0.548. The highest BCUT2D eigenvalue weighted by atomic mass is 79.9. The molecule has 160 valence electrons.